The Labute approximate surface area is 163 Å². The Kier molecular flexibility index (Phi) is 7.17. The van der Waals surface area contributed by atoms with E-state index in [4.69, 9.17) is 14.2 Å². The molecule has 0 aliphatic rings. The van der Waals surface area contributed by atoms with E-state index in [9.17, 15) is 14.9 Å². The van der Waals surface area contributed by atoms with Crippen molar-refractivity contribution in [1.29, 1.82) is 5.26 Å². The molecule has 0 saturated carbocycles. The molecule has 144 valence electrons. The summed E-state index contributed by atoms with van der Waals surface area (Å²) < 4.78 is 15.3. The predicted molar refractivity (Wildman–Crippen MR) is 103 cm³/mol. The van der Waals surface area contributed by atoms with E-state index < -0.39 is 11.9 Å². The zero-order chi connectivity index (χ0) is 20.5. The first-order chi connectivity index (χ1) is 13.5. The Morgan fingerprint density at radius 3 is 2.36 bits per heavy atom. The Hall–Kier alpha value is -3.79. The summed E-state index contributed by atoms with van der Waals surface area (Å²) in [5, 5.41) is 12.0. The van der Waals surface area contributed by atoms with E-state index in [1.807, 2.05) is 18.2 Å². The smallest absolute Gasteiger partial charge is 0.308 e. The van der Waals surface area contributed by atoms with Crippen LogP contribution >= 0.6 is 0 Å². The molecule has 0 radical (unpaired) electrons. The molecule has 0 aliphatic heterocycles. The molecule has 0 aliphatic carbocycles. The third kappa shape index (κ3) is 5.61. The fourth-order valence-electron chi connectivity index (χ4n) is 2.35. The second-order valence-electron chi connectivity index (χ2n) is 5.70. The Morgan fingerprint density at radius 2 is 1.79 bits per heavy atom. The van der Waals surface area contributed by atoms with Gasteiger partial charge in [-0.1, -0.05) is 18.2 Å². The lowest BCUT2D eigenvalue weighted by molar-refractivity contribution is -0.132. The number of hydrogen-bond donors (Lipinski definition) is 1. The van der Waals surface area contributed by atoms with Crippen LogP contribution in [-0.4, -0.2) is 26.1 Å². The maximum atomic E-state index is 12.3. The van der Waals surface area contributed by atoms with Gasteiger partial charge in [-0.05, 0) is 41.5 Å². The van der Waals surface area contributed by atoms with Crippen LogP contribution in [0.4, 0.5) is 0 Å². The van der Waals surface area contributed by atoms with Crippen LogP contribution in [0.15, 0.2) is 48.0 Å². The minimum absolute atomic E-state index is 0.0594. The molecular weight excluding hydrogens is 360 g/mol. The normalized spacial score (nSPS) is 10.6. The molecule has 0 bridgehead atoms. The number of nitrogens with one attached hydrogen (secondary N) is 1. The number of benzene rings is 2. The van der Waals surface area contributed by atoms with Gasteiger partial charge in [0, 0.05) is 13.5 Å². The van der Waals surface area contributed by atoms with Gasteiger partial charge in [-0.2, -0.15) is 5.26 Å². The van der Waals surface area contributed by atoms with Crippen molar-refractivity contribution in [2.45, 2.75) is 13.5 Å². The van der Waals surface area contributed by atoms with Gasteiger partial charge in [-0.3, -0.25) is 9.59 Å². The van der Waals surface area contributed by atoms with Crippen molar-refractivity contribution in [1.82, 2.24) is 5.32 Å². The fraction of sp³-hybridized carbons (Fsp3) is 0.190. The van der Waals surface area contributed by atoms with E-state index in [2.05, 4.69) is 5.32 Å². The number of nitriles is 1. The second-order valence-corrected chi connectivity index (χ2v) is 5.70. The number of carbonyl (C=O) groups is 2. The predicted octanol–water partition coefficient (Wildman–Crippen LogP) is 2.85. The standard InChI is InChI=1S/C21H20N2O5/c1-14(24)28-19-9-6-16(11-20(19)27-3)10-17(12-22)21(25)23-13-15-4-7-18(26-2)8-5-15/h4-11H,13H2,1-3H3,(H,23,25)/b17-10-. The highest BCUT2D eigenvalue weighted by atomic mass is 16.6. The van der Waals surface area contributed by atoms with Gasteiger partial charge >= 0.3 is 5.97 Å². The molecule has 0 spiro atoms. The number of rotatable bonds is 7. The van der Waals surface area contributed by atoms with E-state index in [1.165, 1.54) is 26.2 Å². The van der Waals surface area contributed by atoms with E-state index in [-0.39, 0.29) is 17.9 Å². The summed E-state index contributed by atoms with van der Waals surface area (Å²) in [6.07, 6.45) is 1.43. The summed E-state index contributed by atoms with van der Waals surface area (Å²) in [7, 11) is 3.01. The lowest BCUT2D eigenvalue weighted by Gasteiger charge is -2.09. The SMILES string of the molecule is COc1ccc(CNC(=O)/C(C#N)=C\c2ccc(OC(C)=O)c(OC)c2)cc1. The van der Waals surface area contributed by atoms with Crippen molar-refractivity contribution >= 4 is 18.0 Å². The second kappa shape index (κ2) is 9.78. The van der Waals surface area contributed by atoms with Crippen LogP contribution in [0.3, 0.4) is 0 Å². The van der Waals surface area contributed by atoms with Crippen molar-refractivity contribution in [3.8, 4) is 23.3 Å². The molecule has 1 N–H and O–H groups in total. The number of ether oxygens (including phenoxy) is 3. The molecule has 7 nitrogen and oxygen atoms in total. The third-order valence-electron chi connectivity index (χ3n) is 3.73. The summed E-state index contributed by atoms with van der Waals surface area (Å²) in [6, 6.07) is 13.9. The monoisotopic (exact) mass is 380 g/mol. The van der Waals surface area contributed by atoms with Crippen molar-refractivity contribution in [3.63, 3.8) is 0 Å². The number of hydrogen-bond acceptors (Lipinski definition) is 6. The molecule has 0 aromatic heterocycles. The van der Waals surface area contributed by atoms with Gasteiger partial charge in [0.25, 0.3) is 5.91 Å². The maximum Gasteiger partial charge on any atom is 0.308 e. The minimum Gasteiger partial charge on any atom is -0.497 e. The summed E-state index contributed by atoms with van der Waals surface area (Å²) in [5.74, 6) is 0.326. The van der Waals surface area contributed by atoms with Crippen molar-refractivity contribution in [2.24, 2.45) is 0 Å². The Bertz CT molecular complexity index is 927. The average molecular weight is 380 g/mol. The maximum absolute atomic E-state index is 12.3. The molecule has 2 aromatic rings. The summed E-state index contributed by atoms with van der Waals surface area (Å²) in [6.45, 7) is 1.56. The number of carbonyl (C=O) groups excluding carboxylic acids is 2. The quantitative estimate of drug-likeness (QED) is 0.343. The topological polar surface area (TPSA) is 97.6 Å². The Balaban J connectivity index is 2.12. The van der Waals surface area contributed by atoms with Gasteiger partial charge in [0.05, 0.1) is 14.2 Å². The highest BCUT2D eigenvalue weighted by Gasteiger charge is 2.11. The van der Waals surface area contributed by atoms with E-state index in [1.54, 1.807) is 31.4 Å². The van der Waals surface area contributed by atoms with Gasteiger partial charge < -0.3 is 19.5 Å². The number of esters is 1. The van der Waals surface area contributed by atoms with Crippen LogP contribution in [0.1, 0.15) is 18.1 Å². The first kappa shape index (κ1) is 20.5. The summed E-state index contributed by atoms with van der Waals surface area (Å²) in [4.78, 5) is 23.4. The first-order valence-corrected chi connectivity index (χ1v) is 8.36. The molecule has 2 aromatic carbocycles. The molecule has 0 fully saturated rings. The van der Waals surface area contributed by atoms with Crippen LogP contribution in [0.5, 0.6) is 17.2 Å². The third-order valence-corrected chi connectivity index (χ3v) is 3.73. The molecule has 7 heteroatoms. The summed E-state index contributed by atoms with van der Waals surface area (Å²) >= 11 is 0. The first-order valence-electron chi connectivity index (χ1n) is 8.36. The number of amides is 1. The zero-order valence-corrected chi connectivity index (χ0v) is 15.8. The molecule has 0 saturated heterocycles. The van der Waals surface area contributed by atoms with Gasteiger partial charge in [0.15, 0.2) is 11.5 Å². The average Bonchev–Trinajstić information content (AvgIpc) is 2.71. The van der Waals surface area contributed by atoms with Crippen LogP contribution in [0, 0.1) is 11.3 Å². The molecular formula is C21H20N2O5. The molecule has 0 atom stereocenters. The van der Waals surface area contributed by atoms with Crippen LogP contribution in [0.25, 0.3) is 6.08 Å². The van der Waals surface area contributed by atoms with Crippen LogP contribution in [-0.2, 0) is 16.1 Å². The summed E-state index contributed by atoms with van der Waals surface area (Å²) in [5.41, 5.74) is 1.37. The van der Waals surface area contributed by atoms with Gasteiger partial charge in [0.2, 0.25) is 0 Å². The minimum atomic E-state index is -0.499. The lowest BCUT2D eigenvalue weighted by Crippen LogP contribution is -2.23. The number of methoxy groups -OCH3 is 2. The molecule has 28 heavy (non-hydrogen) atoms. The van der Waals surface area contributed by atoms with Gasteiger partial charge in [0.1, 0.15) is 17.4 Å². The van der Waals surface area contributed by atoms with E-state index >= 15 is 0 Å². The molecule has 2 rings (SSSR count). The van der Waals surface area contributed by atoms with E-state index in [0.717, 1.165) is 11.3 Å². The van der Waals surface area contributed by atoms with Crippen molar-refractivity contribution < 1.29 is 23.8 Å². The molecule has 0 heterocycles. The van der Waals surface area contributed by atoms with Crippen molar-refractivity contribution in [3.05, 3.63) is 59.2 Å². The van der Waals surface area contributed by atoms with Crippen LogP contribution in [0.2, 0.25) is 0 Å². The highest BCUT2D eigenvalue weighted by Crippen LogP contribution is 2.29. The lowest BCUT2D eigenvalue weighted by atomic mass is 10.1. The largest absolute Gasteiger partial charge is 0.497 e. The van der Waals surface area contributed by atoms with Crippen LogP contribution < -0.4 is 19.5 Å². The fourth-order valence-corrected chi connectivity index (χ4v) is 2.35. The van der Waals surface area contributed by atoms with Gasteiger partial charge in [-0.15, -0.1) is 0 Å². The highest BCUT2D eigenvalue weighted by molar-refractivity contribution is 6.01. The van der Waals surface area contributed by atoms with Crippen molar-refractivity contribution in [2.75, 3.05) is 14.2 Å². The molecule has 0 unspecified atom stereocenters. The molecule has 1 amide bonds. The van der Waals surface area contributed by atoms with E-state index in [0.29, 0.717) is 11.3 Å². The zero-order valence-electron chi connectivity index (χ0n) is 15.8. The Morgan fingerprint density at radius 1 is 1.07 bits per heavy atom. The number of nitrogens with zero attached hydrogens (tertiary/aromatic N) is 1. The van der Waals surface area contributed by atoms with Gasteiger partial charge in [-0.25, -0.2) is 0 Å².